The second-order valence-electron chi connectivity index (χ2n) is 2.59. The van der Waals surface area contributed by atoms with Gasteiger partial charge in [-0.3, -0.25) is 10.1 Å². The maximum Gasteiger partial charge on any atom is 0.231 e. The maximum absolute atomic E-state index is 10.0. The summed E-state index contributed by atoms with van der Waals surface area (Å²) in [6, 6.07) is 0. The first kappa shape index (κ1) is 7.85. The van der Waals surface area contributed by atoms with Gasteiger partial charge in [-0.05, 0) is 12.8 Å². The van der Waals surface area contributed by atoms with E-state index in [9.17, 15) is 10.1 Å². The molecule has 0 saturated heterocycles. The Morgan fingerprint density at radius 3 is 2.40 bits per heavy atom. The number of hydrogen-bond acceptors (Lipinski definition) is 3. The summed E-state index contributed by atoms with van der Waals surface area (Å²) in [7, 11) is 0. The largest absolute Gasteiger partial charge is 0.251 e. The Morgan fingerprint density at radius 1 is 1.30 bits per heavy atom. The molecule has 0 amide bonds. The van der Waals surface area contributed by atoms with Crippen molar-refractivity contribution in [2.24, 2.45) is 0 Å². The van der Waals surface area contributed by atoms with Crippen LogP contribution >= 0.6 is 11.9 Å². The summed E-state index contributed by atoms with van der Waals surface area (Å²) < 4.78 is -0.268. The molecule has 58 valence electrons. The number of nitrogens with zero attached hydrogens (tertiary/aromatic N) is 1. The number of hydrogen-bond donors (Lipinski definition) is 0. The Hall–Kier alpha value is -0.250. The van der Waals surface area contributed by atoms with E-state index in [2.05, 4.69) is 0 Å². The zero-order valence-corrected chi connectivity index (χ0v) is 6.60. The Kier molecular flexibility index (Phi) is 2.99. The molecule has 0 aromatic heterocycles. The fourth-order valence-electron chi connectivity index (χ4n) is 1.29. The molecule has 0 unspecified atom stereocenters. The van der Waals surface area contributed by atoms with E-state index in [1.54, 1.807) is 0 Å². The van der Waals surface area contributed by atoms with Crippen molar-refractivity contribution in [3.05, 3.63) is 10.1 Å². The lowest BCUT2D eigenvalue weighted by Crippen LogP contribution is -2.10. The van der Waals surface area contributed by atoms with Gasteiger partial charge in [0.15, 0.2) is 0 Å². The standard InChI is InChI=1S/C6H11NO2S/c8-7(9)10-6-4-2-1-3-5-6/h6H,1-5H2. The molecule has 0 radical (unpaired) electrons. The average Bonchev–Trinajstić information content (AvgIpc) is 1.88. The number of nitro groups is 1. The summed E-state index contributed by atoms with van der Waals surface area (Å²) in [4.78, 5) is 10.0. The zero-order valence-electron chi connectivity index (χ0n) is 5.78. The third-order valence-electron chi connectivity index (χ3n) is 1.79. The highest BCUT2D eigenvalue weighted by molar-refractivity contribution is 7.93. The molecule has 10 heavy (non-hydrogen) atoms. The SMILES string of the molecule is O=[N+]([O-])SC1CCCCC1. The first-order valence-corrected chi connectivity index (χ1v) is 4.44. The third-order valence-corrected chi connectivity index (χ3v) is 2.73. The van der Waals surface area contributed by atoms with Gasteiger partial charge in [0.25, 0.3) is 0 Å². The average molecular weight is 161 g/mol. The molecule has 0 heterocycles. The van der Waals surface area contributed by atoms with E-state index in [1.807, 2.05) is 0 Å². The van der Waals surface area contributed by atoms with Crippen LogP contribution in [0.3, 0.4) is 0 Å². The van der Waals surface area contributed by atoms with Gasteiger partial charge < -0.3 is 0 Å². The monoisotopic (exact) mass is 161 g/mol. The van der Waals surface area contributed by atoms with Crippen LogP contribution in [0.25, 0.3) is 0 Å². The van der Waals surface area contributed by atoms with Crippen molar-refractivity contribution in [3.63, 3.8) is 0 Å². The van der Waals surface area contributed by atoms with Crippen LogP contribution in [-0.2, 0) is 0 Å². The topological polar surface area (TPSA) is 43.1 Å². The van der Waals surface area contributed by atoms with Crippen LogP contribution in [0.2, 0.25) is 0 Å². The van der Waals surface area contributed by atoms with Crippen molar-refractivity contribution in [2.75, 3.05) is 0 Å². The van der Waals surface area contributed by atoms with E-state index in [0.717, 1.165) is 24.8 Å². The lowest BCUT2D eigenvalue weighted by atomic mass is 10.0. The zero-order chi connectivity index (χ0) is 7.40. The molecule has 0 atom stereocenters. The molecular weight excluding hydrogens is 150 g/mol. The van der Waals surface area contributed by atoms with E-state index in [4.69, 9.17) is 0 Å². The Bertz CT molecular complexity index is 123. The quantitative estimate of drug-likeness (QED) is 0.354. The van der Waals surface area contributed by atoms with Crippen LogP contribution in [0.15, 0.2) is 0 Å². The van der Waals surface area contributed by atoms with Crippen LogP contribution in [0, 0.1) is 10.1 Å². The molecule has 1 rings (SSSR count). The normalized spacial score (nSPS) is 20.8. The second-order valence-corrected chi connectivity index (χ2v) is 3.76. The molecule has 1 aliphatic carbocycles. The predicted octanol–water partition coefficient (Wildman–Crippen LogP) is 2.24. The molecule has 1 fully saturated rings. The van der Waals surface area contributed by atoms with Crippen LogP contribution in [0.5, 0.6) is 0 Å². The van der Waals surface area contributed by atoms with Crippen LogP contribution in [0.4, 0.5) is 0 Å². The third kappa shape index (κ3) is 2.56. The second kappa shape index (κ2) is 3.81. The van der Waals surface area contributed by atoms with Gasteiger partial charge in [-0.15, -0.1) is 0 Å². The summed E-state index contributed by atoms with van der Waals surface area (Å²) >= 11 is 0.898. The molecule has 0 spiro atoms. The van der Waals surface area contributed by atoms with E-state index in [0.29, 0.717) is 5.25 Å². The minimum atomic E-state index is -0.268. The first-order chi connectivity index (χ1) is 4.79. The highest BCUT2D eigenvalue weighted by Gasteiger charge is 2.20. The highest BCUT2D eigenvalue weighted by atomic mass is 32.2. The van der Waals surface area contributed by atoms with Crippen molar-refractivity contribution in [1.82, 2.24) is 0 Å². The molecule has 1 aliphatic rings. The van der Waals surface area contributed by atoms with Crippen LogP contribution in [0.1, 0.15) is 32.1 Å². The summed E-state index contributed by atoms with van der Waals surface area (Å²) in [6.07, 6.45) is 5.67. The Balaban J connectivity index is 2.19. The molecule has 0 aliphatic heterocycles. The van der Waals surface area contributed by atoms with E-state index >= 15 is 0 Å². The minimum Gasteiger partial charge on any atom is -0.251 e. The van der Waals surface area contributed by atoms with Gasteiger partial charge in [0.1, 0.15) is 4.33 Å². The van der Waals surface area contributed by atoms with E-state index in [1.165, 1.54) is 19.3 Å². The van der Waals surface area contributed by atoms with Gasteiger partial charge >= 0.3 is 0 Å². The highest BCUT2D eigenvalue weighted by Crippen LogP contribution is 2.27. The molecule has 0 bridgehead atoms. The lowest BCUT2D eigenvalue weighted by Gasteiger charge is -2.14. The smallest absolute Gasteiger partial charge is 0.231 e. The van der Waals surface area contributed by atoms with Gasteiger partial charge in [-0.1, -0.05) is 19.3 Å². The van der Waals surface area contributed by atoms with Gasteiger partial charge in [0, 0.05) is 0 Å². The van der Waals surface area contributed by atoms with E-state index < -0.39 is 0 Å². The van der Waals surface area contributed by atoms with Crippen LogP contribution < -0.4 is 0 Å². The summed E-state index contributed by atoms with van der Waals surface area (Å²) in [6.45, 7) is 0. The molecule has 0 aromatic carbocycles. The van der Waals surface area contributed by atoms with Crippen molar-refractivity contribution in [2.45, 2.75) is 37.4 Å². The summed E-state index contributed by atoms with van der Waals surface area (Å²) in [5.41, 5.74) is 0. The fraction of sp³-hybridized carbons (Fsp3) is 1.00. The van der Waals surface area contributed by atoms with Crippen molar-refractivity contribution >= 4 is 11.9 Å². The van der Waals surface area contributed by atoms with Crippen molar-refractivity contribution in [3.8, 4) is 0 Å². The maximum atomic E-state index is 10.0. The summed E-state index contributed by atoms with van der Waals surface area (Å²) in [5, 5.41) is 10.3. The van der Waals surface area contributed by atoms with Crippen LogP contribution in [-0.4, -0.2) is 9.58 Å². The Labute approximate surface area is 64.5 Å². The first-order valence-electron chi connectivity index (χ1n) is 3.60. The van der Waals surface area contributed by atoms with E-state index in [-0.39, 0.29) is 4.33 Å². The van der Waals surface area contributed by atoms with Crippen molar-refractivity contribution in [1.29, 1.82) is 0 Å². The number of rotatable bonds is 2. The van der Waals surface area contributed by atoms with Crippen molar-refractivity contribution < 1.29 is 4.33 Å². The molecule has 1 saturated carbocycles. The summed E-state index contributed by atoms with van der Waals surface area (Å²) in [5.74, 6) is 0. The molecule has 0 N–H and O–H groups in total. The molecular formula is C6H11NO2S. The fourth-order valence-corrected chi connectivity index (χ4v) is 2.08. The Morgan fingerprint density at radius 2 is 1.90 bits per heavy atom. The van der Waals surface area contributed by atoms with Gasteiger partial charge in [0.05, 0.1) is 5.25 Å². The molecule has 4 heteroatoms. The lowest BCUT2D eigenvalue weighted by molar-refractivity contribution is -0.285. The molecule has 3 nitrogen and oxygen atoms in total. The van der Waals surface area contributed by atoms with Gasteiger partial charge in [0.2, 0.25) is 11.9 Å². The van der Waals surface area contributed by atoms with Gasteiger partial charge in [-0.2, -0.15) is 0 Å². The van der Waals surface area contributed by atoms with Gasteiger partial charge in [-0.25, -0.2) is 0 Å². The minimum absolute atomic E-state index is 0.268. The predicted molar refractivity (Wildman–Crippen MR) is 41.5 cm³/mol. The molecule has 0 aromatic rings.